The zero-order valence-electron chi connectivity index (χ0n) is 5.53. The number of aliphatic hydroxyl groups excluding tert-OH is 2. The van der Waals surface area contributed by atoms with Gasteiger partial charge in [0.05, 0.1) is 0 Å². The highest BCUT2D eigenvalue weighted by Gasteiger charge is 2.20. The van der Waals surface area contributed by atoms with E-state index < -0.39 is 11.9 Å². The number of hydrogen-bond acceptors (Lipinski definition) is 3. The van der Waals surface area contributed by atoms with Crippen molar-refractivity contribution in [3.63, 3.8) is 0 Å². The second kappa shape index (κ2) is 2.27. The van der Waals surface area contributed by atoms with Crippen LogP contribution in [0.3, 0.4) is 0 Å². The monoisotopic (exact) mass is 140 g/mol. The highest BCUT2D eigenvalue weighted by Crippen LogP contribution is 2.11. The molecule has 0 fully saturated rings. The van der Waals surface area contributed by atoms with Crippen molar-refractivity contribution in [3.05, 3.63) is 23.5 Å². The average Bonchev–Trinajstić information content (AvgIpc) is 1.82. The zero-order valence-corrected chi connectivity index (χ0v) is 5.53. The summed E-state index contributed by atoms with van der Waals surface area (Å²) in [6.45, 7) is 1.70. The Hall–Kier alpha value is -1.09. The Morgan fingerprint density at radius 3 is 2.70 bits per heavy atom. The third kappa shape index (κ3) is 1.09. The predicted molar refractivity (Wildman–Crippen MR) is 35.5 cm³/mol. The Morgan fingerprint density at radius 1 is 1.60 bits per heavy atom. The third-order valence-corrected chi connectivity index (χ3v) is 1.31. The molecule has 54 valence electrons. The summed E-state index contributed by atoms with van der Waals surface area (Å²) in [4.78, 5) is 10.7. The van der Waals surface area contributed by atoms with Crippen LogP contribution in [0.2, 0.25) is 0 Å². The molecule has 1 atom stereocenters. The summed E-state index contributed by atoms with van der Waals surface area (Å²) in [5.41, 5.74) is 0.699. The topological polar surface area (TPSA) is 57.5 Å². The molecule has 0 saturated carbocycles. The van der Waals surface area contributed by atoms with Gasteiger partial charge in [-0.15, -0.1) is 0 Å². The number of ketones is 1. The molecule has 0 radical (unpaired) electrons. The van der Waals surface area contributed by atoms with E-state index >= 15 is 0 Å². The molecule has 2 N–H and O–H groups in total. The smallest absolute Gasteiger partial charge is 0.229 e. The lowest BCUT2D eigenvalue weighted by atomic mass is 10.0. The van der Waals surface area contributed by atoms with Gasteiger partial charge in [-0.1, -0.05) is 0 Å². The number of aliphatic hydroxyl groups is 2. The van der Waals surface area contributed by atoms with E-state index in [2.05, 4.69) is 0 Å². The van der Waals surface area contributed by atoms with Gasteiger partial charge in [-0.25, -0.2) is 0 Å². The van der Waals surface area contributed by atoms with Crippen molar-refractivity contribution in [1.29, 1.82) is 0 Å². The Bertz CT molecular complexity index is 225. The highest BCUT2D eigenvalue weighted by atomic mass is 16.3. The molecule has 0 bridgehead atoms. The van der Waals surface area contributed by atoms with Crippen LogP contribution in [0.1, 0.15) is 6.92 Å². The first-order valence-electron chi connectivity index (χ1n) is 2.92. The highest BCUT2D eigenvalue weighted by molar-refractivity contribution is 5.99. The fraction of sp³-hybridized carbons (Fsp3) is 0.286. The van der Waals surface area contributed by atoms with E-state index in [4.69, 9.17) is 10.2 Å². The van der Waals surface area contributed by atoms with Crippen molar-refractivity contribution in [1.82, 2.24) is 0 Å². The first-order chi connectivity index (χ1) is 4.61. The molecule has 0 aliphatic heterocycles. The number of carbonyl (C=O) groups excluding carboxylic acids is 1. The molecule has 0 amide bonds. The van der Waals surface area contributed by atoms with Crippen molar-refractivity contribution in [3.8, 4) is 0 Å². The van der Waals surface area contributed by atoms with Gasteiger partial charge in [0.1, 0.15) is 6.10 Å². The summed E-state index contributed by atoms with van der Waals surface area (Å²) in [5, 5.41) is 17.7. The number of allylic oxidation sites excluding steroid dienone is 2. The summed E-state index contributed by atoms with van der Waals surface area (Å²) >= 11 is 0. The van der Waals surface area contributed by atoms with Gasteiger partial charge in [0.15, 0.2) is 5.76 Å². The number of Topliss-reactive ketones (excluding diaryl/α,β-unsaturated/α-hetero) is 1. The Balaban J connectivity index is 2.95. The molecule has 3 heteroatoms. The molecule has 1 aliphatic rings. The third-order valence-electron chi connectivity index (χ3n) is 1.31. The molecule has 0 heterocycles. The Labute approximate surface area is 58.3 Å². The van der Waals surface area contributed by atoms with Crippen LogP contribution in [-0.4, -0.2) is 22.1 Å². The van der Waals surface area contributed by atoms with E-state index in [0.717, 1.165) is 0 Å². The first-order valence-corrected chi connectivity index (χ1v) is 2.92. The van der Waals surface area contributed by atoms with Gasteiger partial charge < -0.3 is 10.2 Å². The molecule has 3 nitrogen and oxygen atoms in total. The predicted octanol–water partition coefficient (Wildman–Crippen LogP) is 0.318. The minimum Gasteiger partial charge on any atom is -0.504 e. The molecule has 10 heavy (non-hydrogen) atoms. The number of rotatable bonds is 0. The minimum atomic E-state index is -1.16. The second-order valence-electron chi connectivity index (χ2n) is 2.25. The van der Waals surface area contributed by atoms with Crippen molar-refractivity contribution < 1.29 is 15.0 Å². The molecule has 0 aromatic rings. The van der Waals surface area contributed by atoms with E-state index in [1.54, 1.807) is 6.92 Å². The van der Waals surface area contributed by atoms with Gasteiger partial charge in [0.2, 0.25) is 5.78 Å². The van der Waals surface area contributed by atoms with E-state index in [0.29, 0.717) is 5.57 Å². The van der Waals surface area contributed by atoms with Crippen LogP contribution in [0, 0.1) is 0 Å². The summed E-state index contributed by atoms with van der Waals surface area (Å²) in [6.07, 6.45) is 1.56. The fourth-order valence-electron chi connectivity index (χ4n) is 0.811. The van der Waals surface area contributed by atoms with Crippen LogP contribution in [0.15, 0.2) is 23.5 Å². The maximum Gasteiger partial charge on any atom is 0.229 e. The molecular weight excluding hydrogens is 132 g/mol. The van der Waals surface area contributed by atoms with Crippen LogP contribution < -0.4 is 0 Å². The lowest BCUT2D eigenvalue weighted by Crippen LogP contribution is -2.22. The quantitative estimate of drug-likeness (QED) is 0.509. The normalized spacial score (nSPS) is 25.8. The van der Waals surface area contributed by atoms with E-state index in [-0.39, 0.29) is 5.76 Å². The first kappa shape index (κ1) is 7.02. The van der Waals surface area contributed by atoms with Crippen LogP contribution in [0.4, 0.5) is 0 Å². The van der Waals surface area contributed by atoms with Crippen molar-refractivity contribution >= 4 is 5.78 Å². The largest absolute Gasteiger partial charge is 0.504 e. The van der Waals surface area contributed by atoms with Crippen LogP contribution in [0.25, 0.3) is 0 Å². The van der Waals surface area contributed by atoms with Crippen LogP contribution in [0.5, 0.6) is 0 Å². The van der Waals surface area contributed by atoms with Gasteiger partial charge >= 0.3 is 0 Å². The van der Waals surface area contributed by atoms with Crippen molar-refractivity contribution in [2.45, 2.75) is 13.0 Å². The molecule has 0 saturated heterocycles. The van der Waals surface area contributed by atoms with Crippen molar-refractivity contribution in [2.24, 2.45) is 0 Å². The summed E-state index contributed by atoms with van der Waals surface area (Å²) in [6, 6.07) is 0. The Kier molecular flexibility index (Phi) is 1.59. The summed E-state index contributed by atoms with van der Waals surface area (Å²) in [7, 11) is 0. The molecular formula is C7H8O3. The van der Waals surface area contributed by atoms with Crippen LogP contribution >= 0.6 is 0 Å². The second-order valence-corrected chi connectivity index (χ2v) is 2.25. The van der Waals surface area contributed by atoms with Gasteiger partial charge in [-0.05, 0) is 24.6 Å². The standard InChI is InChI=1S/C7H8O3/c1-4-2-5(8)7(10)6(9)3-4/h2-3,5,8-9H,1H3. The van der Waals surface area contributed by atoms with E-state index in [1.807, 2.05) is 0 Å². The molecule has 1 aliphatic carbocycles. The van der Waals surface area contributed by atoms with E-state index in [1.165, 1.54) is 12.2 Å². The van der Waals surface area contributed by atoms with Gasteiger partial charge in [-0.2, -0.15) is 0 Å². The maximum atomic E-state index is 10.7. The van der Waals surface area contributed by atoms with Gasteiger partial charge in [-0.3, -0.25) is 4.79 Å². The minimum absolute atomic E-state index is 0.368. The summed E-state index contributed by atoms with van der Waals surface area (Å²) in [5.74, 6) is -1.00. The average molecular weight is 140 g/mol. The SMILES string of the molecule is CC1=CC(O)C(=O)C(O)=C1. The lowest BCUT2D eigenvalue weighted by molar-refractivity contribution is -0.123. The number of carbonyl (C=O) groups is 1. The molecule has 0 aromatic carbocycles. The number of hydrogen-bond donors (Lipinski definition) is 2. The van der Waals surface area contributed by atoms with E-state index in [9.17, 15) is 4.79 Å². The van der Waals surface area contributed by atoms with Crippen LogP contribution in [-0.2, 0) is 4.79 Å². The molecule has 1 unspecified atom stereocenters. The van der Waals surface area contributed by atoms with Gasteiger partial charge in [0, 0.05) is 0 Å². The van der Waals surface area contributed by atoms with Gasteiger partial charge in [0.25, 0.3) is 0 Å². The Morgan fingerprint density at radius 2 is 2.20 bits per heavy atom. The molecule has 0 spiro atoms. The fourth-order valence-corrected chi connectivity index (χ4v) is 0.811. The molecule has 1 rings (SSSR count). The lowest BCUT2D eigenvalue weighted by Gasteiger charge is -2.09. The molecule has 0 aromatic heterocycles. The zero-order chi connectivity index (χ0) is 7.72. The summed E-state index contributed by atoms with van der Waals surface area (Å²) < 4.78 is 0. The maximum absolute atomic E-state index is 10.7. The van der Waals surface area contributed by atoms with Crippen molar-refractivity contribution in [2.75, 3.05) is 0 Å².